The van der Waals surface area contributed by atoms with E-state index in [0.717, 1.165) is 19.4 Å². The Morgan fingerprint density at radius 1 is 1.53 bits per heavy atom. The van der Waals surface area contributed by atoms with Gasteiger partial charge in [-0.25, -0.2) is 4.39 Å². The zero-order valence-electron chi connectivity index (χ0n) is 11.3. The summed E-state index contributed by atoms with van der Waals surface area (Å²) in [5, 5.41) is 8.87. The molecule has 4 heteroatoms. The highest BCUT2D eigenvalue weighted by Crippen LogP contribution is 2.23. The summed E-state index contributed by atoms with van der Waals surface area (Å²) in [6.45, 7) is 3.49. The summed E-state index contributed by atoms with van der Waals surface area (Å²) in [5.41, 5.74) is 6.72. The molecule has 0 bridgehead atoms. The van der Waals surface area contributed by atoms with Crippen LogP contribution in [0.5, 0.6) is 0 Å². The van der Waals surface area contributed by atoms with Crippen LogP contribution in [0.25, 0.3) is 0 Å². The standard InChI is InChI=1S/C15H20FN3/c1-11(18)14-7-2-3-8-19(14)10-13-6-4-5-12(9-17)15(13)16/h4-6,11,14H,2-3,7-8,10,18H2,1H3. The molecule has 0 aromatic heterocycles. The third-order valence-corrected chi connectivity index (χ3v) is 3.84. The van der Waals surface area contributed by atoms with Crippen LogP contribution in [0.1, 0.15) is 37.3 Å². The summed E-state index contributed by atoms with van der Waals surface area (Å²) in [7, 11) is 0. The van der Waals surface area contributed by atoms with E-state index in [-0.39, 0.29) is 17.4 Å². The van der Waals surface area contributed by atoms with E-state index < -0.39 is 0 Å². The Kier molecular flexibility index (Phi) is 4.52. The summed E-state index contributed by atoms with van der Waals surface area (Å²) < 4.78 is 14.1. The SMILES string of the molecule is CC(N)C1CCCCN1Cc1cccc(C#N)c1F. The van der Waals surface area contributed by atoms with Crippen LogP contribution in [0.15, 0.2) is 18.2 Å². The fraction of sp³-hybridized carbons (Fsp3) is 0.533. The number of benzene rings is 1. The lowest BCUT2D eigenvalue weighted by Crippen LogP contribution is -2.48. The van der Waals surface area contributed by atoms with Gasteiger partial charge in [0.15, 0.2) is 0 Å². The fourth-order valence-corrected chi connectivity index (χ4v) is 2.82. The maximum atomic E-state index is 14.1. The van der Waals surface area contributed by atoms with Gasteiger partial charge in [-0.3, -0.25) is 4.90 Å². The molecule has 0 aliphatic carbocycles. The van der Waals surface area contributed by atoms with Crippen LogP contribution in [-0.2, 0) is 6.54 Å². The monoisotopic (exact) mass is 261 g/mol. The van der Waals surface area contributed by atoms with Crippen molar-refractivity contribution in [3.05, 3.63) is 35.1 Å². The Morgan fingerprint density at radius 2 is 2.32 bits per heavy atom. The van der Waals surface area contributed by atoms with Gasteiger partial charge in [-0.2, -0.15) is 5.26 Å². The summed E-state index contributed by atoms with van der Waals surface area (Å²) >= 11 is 0. The van der Waals surface area contributed by atoms with Gasteiger partial charge in [-0.05, 0) is 32.4 Å². The van der Waals surface area contributed by atoms with E-state index in [1.807, 2.05) is 13.0 Å². The van der Waals surface area contributed by atoms with Crippen LogP contribution in [0.2, 0.25) is 0 Å². The Morgan fingerprint density at radius 3 is 3.00 bits per heavy atom. The van der Waals surface area contributed by atoms with Gasteiger partial charge in [-0.15, -0.1) is 0 Å². The third-order valence-electron chi connectivity index (χ3n) is 3.84. The molecular weight excluding hydrogens is 241 g/mol. The van der Waals surface area contributed by atoms with E-state index in [9.17, 15) is 4.39 Å². The quantitative estimate of drug-likeness (QED) is 0.909. The molecule has 0 spiro atoms. The van der Waals surface area contributed by atoms with Gasteiger partial charge in [-0.1, -0.05) is 18.6 Å². The first-order valence-corrected chi connectivity index (χ1v) is 6.80. The zero-order chi connectivity index (χ0) is 13.8. The molecule has 2 rings (SSSR count). The first-order valence-electron chi connectivity index (χ1n) is 6.80. The minimum Gasteiger partial charge on any atom is -0.327 e. The molecule has 19 heavy (non-hydrogen) atoms. The first-order chi connectivity index (χ1) is 9.13. The second kappa shape index (κ2) is 6.14. The molecule has 2 atom stereocenters. The normalized spacial score (nSPS) is 21.9. The minimum atomic E-state index is -0.390. The van der Waals surface area contributed by atoms with Gasteiger partial charge >= 0.3 is 0 Å². The second-order valence-electron chi connectivity index (χ2n) is 5.28. The average molecular weight is 261 g/mol. The predicted octanol–water partition coefficient (Wildman–Crippen LogP) is 2.40. The highest BCUT2D eigenvalue weighted by molar-refractivity contribution is 5.35. The molecule has 2 unspecified atom stereocenters. The number of halogens is 1. The lowest BCUT2D eigenvalue weighted by molar-refractivity contribution is 0.121. The van der Waals surface area contributed by atoms with Gasteiger partial charge in [0.2, 0.25) is 0 Å². The second-order valence-corrected chi connectivity index (χ2v) is 5.28. The Bertz CT molecular complexity index is 479. The van der Waals surface area contributed by atoms with Crippen LogP contribution in [0, 0.1) is 17.1 Å². The molecule has 1 aromatic rings. The largest absolute Gasteiger partial charge is 0.327 e. The Labute approximate surface area is 113 Å². The number of nitrogens with zero attached hydrogens (tertiary/aromatic N) is 2. The topological polar surface area (TPSA) is 53.0 Å². The van der Waals surface area contributed by atoms with Gasteiger partial charge in [0.1, 0.15) is 11.9 Å². The van der Waals surface area contributed by atoms with Crippen molar-refractivity contribution >= 4 is 0 Å². The number of likely N-dealkylation sites (tertiary alicyclic amines) is 1. The van der Waals surface area contributed by atoms with Crippen LogP contribution in [0.4, 0.5) is 4.39 Å². The molecule has 0 amide bonds. The molecule has 1 aliphatic heterocycles. The molecule has 1 aliphatic rings. The van der Waals surface area contributed by atoms with Crippen LogP contribution in [-0.4, -0.2) is 23.5 Å². The Hall–Kier alpha value is -1.44. The van der Waals surface area contributed by atoms with Crippen LogP contribution in [0.3, 0.4) is 0 Å². The van der Waals surface area contributed by atoms with E-state index in [1.165, 1.54) is 12.5 Å². The van der Waals surface area contributed by atoms with Crippen molar-refractivity contribution < 1.29 is 4.39 Å². The summed E-state index contributed by atoms with van der Waals surface area (Å²) in [6, 6.07) is 7.28. The molecule has 102 valence electrons. The number of piperidine rings is 1. The summed E-state index contributed by atoms with van der Waals surface area (Å²) in [5.74, 6) is -0.390. The molecule has 0 saturated carbocycles. The smallest absolute Gasteiger partial charge is 0.145 e. The predicted molar refractivity (Wildman–Crippen MR) is 72.8 cm³/mol. The van der Waals surface area contributed by atoms with Crippen molar-refractivity contribution in [1.82, 2.24) is 4.90 Å². The van der Waals surface area contributed by atoms with Crippen molar-refractivity contribution in [2.75, 3.05) is 6.54 Å². The number of rotatable bonds is 3. The van der Waals surface area contributed by atoms with Crippen molar-refractivity contribution in [1.29, 1.82) is 5.26 Å². The number of hydrogen-bond acceptors (Lipinski definition) is 3. The van der Waals surface area contributed by atoms with Crippen LogP contribution < -0.4 is 5.73 Å². The van der Waals surface area contributed by atoms with Gasteiger partial charge in [0.25, 0.3) is 0 Å². The average Bonchev–Trinajstić information content (AvgIpc) is 2.41. The Balaban J connectivity index is 2.18. The summed E-state index contributed by atoms with van der Waals surface area (Å²) in [6.07, 6.45) is 3.38. The minimum absolute atomic E-state index is 0.0857. The summed E-state index contributed by atoms with van der Waals surface area (Å²) in [4.78, 5) is 2.24. The van der Waals surface area contributed by atoms with Crippen molar-refractivity contribution in [2.24, 2.45) is 5.73 Å². The van der Waals surface area contributed by atoms with Gasteiger partial charge < -0.3 is 5.73 Å². The number of nitrogens with two attached hydrogens (primary N) is 1. The van der Waals surface area contributed by atoms with E-state index in [0.29, 0.717) is 18.2 Å². The molecule has 0 radical (unpaired) electrons. The molecule has 1 saturated heterocycles. The zero-order valence-corrected chi connectivity index (χ0v) is 11.3. The fourth-order valence-electron chi connectivity index (χ4n) is 2.82. The highest BCUT2D eigenvalue weighted by atomic mass is 19.1. The number of nitriles is 1. The van der Waals surface area contributed by atoms with E-state index >= 15 is 0 Å². The maximum Gasteiger partial charge on any atom is 0.145 e. The van der Waals surface area contributed by atoms with Crippen LogP contribution >= 0.6 is 0 Å². The molecule has 1 fully saturated rings. The molecular formula is C15H20FN3. The lowest BCUT2D eigenvalue weighted by Gasteiger charge is -2.38. The highest BCUT2D eigenvalue weighted by Gasteiger charge is 2.26. The van der Waals surface area contributed by atoms with Crippen molar-refractivity contribution in [2.45, 2.75) is 44.8 Å². The number of hydrogen-bond donors (Lipinski definition) is 1. The molecule has 1 heterocycles. The van der Waals surface area contributed by atoms with Gasteiger partial charge in [0.05, 0.1) is 5.56 Å². The van der Waals surface area contributed by atoms with Gasteiger partial charge in [0, 0.05) is 24.2 Å². The maximum absolute atomic E-state index is 14.1. The van der Waals surface area contributed by atoms with E-state index in [4.69, 9.17) is 11.0 Å². The van der Waals surface area contributed by atoms with Crippen molar-refractivity contribution in [3.63, 3.8) is 0 Å². The molecule has 3 nitrogen and oxygen atoms in total. The van der Waals surface area contributed by atoms with E-state index in [2.05, 4.69) is 4.90 Å². The van der Waals surface area contributed by atoms with E-state index in [1.54, 1.807) is 12.1 Å². The third kappa shape index (κ3) is 3.12. The molecule has 2 N–H and O–H groups in total. The lowest BCUT2D eigenvalue weighted by atomic mass is 9.96. The van der Waals surface area contributed by atoms with Crippen molar-refractivity contribution in [3.8, 4) is 6.07 Å². The first kappa shape index (κ1) is 14.0. The molecule has 1 aromatic carbocycles.